The van der Waals surface area contributed by atoms with Crippen molar-refractivity contribution in [2.75, 3.05) is 19.5 Å². The third kappa shape index (κ3) is 4.98. The van der Waals surface area contributed by atoms with E-state index in [9.17, 15) is 0 Å². The molecule has 0 atom stereocenters. The summed E-state index contributed by atoms with van der Waals surface area (Å²) in [6, 6.07) is 5.91. The van der Waals surface area contributed by atoms with E-state index >= 15 is 0 Å². The standard InChI is InChI=1S/C18H29N3O2S/c1-17(2)10-12(11-18(3,4)21-17)19-16(24)20-14-9-13(22-5)7-8-15(14)23-6/h7-9,12,21H,10-11H2,1-6H3,(H2,19,20,24). The van der Waals surface area contributed by atoms with Gasteiger partial charge in [0.1, 0.15) is 11.5 Å². The highest BCUT2D eigenvalue weighted by molar-refractivity contribution is 7.80. The molecule has 134 valence electrons. The number of rotatable bonds is 4. The van der Waals surface area contributed by atoms with Crippen molar-refractivity contribution >= 4 is 23.0 Å². The summed E-state index contributed by atoms with van der Waals surface area (Å²) in [7, 11) is 3.28. The zero-order valence-corrected chi connectivity index (χ0v) is 16.3. The Bertz CT molecular complexity index is 586. The molecular weight excluding hydrogens is 322 g/mol. The largest absolute Gasteiger partial charge is 0.497 e. The van der Waals surface area contributed by atoms with Gasteiger partial charge >= 0.3 is 0 Å². The summed E-state index contributed by atoms with van der Waals surface area (Å²) in [5, 5.41) is 11.0. The highest BCUT2D eigenvalue weighted by atomic mass is 32.1. The van der Waals surface area contributed by atoms with Crippen molar-refractivity contribution in [3.05, 3.63) is 18.2 Å². The number of nitrogens with one attached hydrogen (secondary N) is 3. The quantitative estimate of drug-likeness (QED) is 0.724. The maximum absolute atomic E-state index is 5.51. The van der Waals surface area contributed by atoms with Crippen LogP contribution in [0, 0.1) is 0 Å². The Morgan fingerprint density at radius 1 is 1.12 bits per heavy atom. The van der Waals surface area contributed by atoms with E-state index in [0.29, 0.717) is 11.2 Å². The van der Waals surface area contributed by atoms with E-state index in [2.05, 4.69) is 43.6 Å². The van der Waals surface area contributed by atoms with Gasteiger partial charge in [0.25, 0.3) is 0 Å². The van der Waals surface area contributed by atoms with Crippen LogP contribution in [0.3, 0.4) is 0 Å². The summed E-state index contributed by atoms with van der Waals surface area (Å²) in [4.78, 5) is 0. The van der Waals surface area contributed by atoms with Crippen molar-refractivity contribution in [2.45, 2.75) is 57.7 Å². The molecule has 3 N–H and O–H groups in total. The van der Waals surface area contributed by atoms with Gasteiger partial charge in [0.15, 0.2) is 5.11 Å². The maximum atomic E-state index is 5.51. The van der Waals surface area contributed by atoms with Crippen molar-refractivity contribution in [3.8, 4) is 11.5 Å². The molecule has 6 heteroatoms. The summed E-state index contributed by atoms with van der Waals surface area (Å²) in [5.41, 5.74) is 0.938. The van der Waals surface area contributed by atoms with Crippen molar-refractivity contribution < 1.29 is 9.47 Å². The fourth-order valence-corrected chi connectivity index (χ4v) is 3.96. The molecule has 1 fully saturated rings. The van der Waals surface area contributed by atoms with Crippen LogP contribution in [0.15, 0.2) is 18.2 Å². The Balaban J connectivity index is 2.05. The van der Waals surface area contributed by atoms with Gasteiger partial charge in [-0.15, -0.1) is 0 Å². The number of hydrogen-bond acceptors (Lipinski definition) is 4. The topological polar surface area (TPSA) is 54.6 Å². The number of anilines is 1. The molecule has 0 spiro atoms. The second-order valence-corrected chi connectivity index (χ2v) is 8.07. The van der Waals surface area contributed by atoms with E-state index in [1.165, 1.54) is 0 Å². The van der Waals surface area contributed by atoms with Gasteiger partial charge in [-0.05, 0) is 64.9 Å². The predicted octanol–water partition coefficient (Wildman–Crippen LogP) is 3.30. The SMILES string of the molecule is COc1ccc(OC)c(NC(=S)NC2CC(C)(C)NC(C)(C)C2)c1. The number of piperidine rings is 1. The average molecular weight is 352 g/mol. The van der Waals surface area contributed by atoms with Gasteiger partial charge in [-0.3, -0.25) is 0 Å². The van der Waals surface area contributed by atoms with Crippen LogP contribution in [-0.2, 0) is 0 Å². The summed E-state index contributed by atoms with van der Waals surface area (Å²) >= 11 is 5.51. The monoisotopic (exact) mass is 351 g/mol. The Kier molecular flexibility index (Phi) is 5.60. The van der Waals surface area contributed by atoms with Crippen LogP contribution < -0.4 is 25.4 Å². The molecule has 0 unspecified atom stereocenters. The van der Waals surface area contributed by atoms with Crippen LogP contribution >= 0.6 is 12.2 Å². The summed E-state index contributed by atoms with van der Waals surface area (Å²) in [6.45, 7) is 8.91. The molecule has 24 heavy (non-hydrogen) atoms. The fraction of sp³-hybridized carbons (Fsp3) is 0.611. The van der Waals surface area contributed by atoms with Crippen molar-refractivity contribution in [3.63, 3.8) is 0 Å². The molecule has 0 aliphatic carbocycles. The Hall–Kier alpha value is -1.53. The number of methoxy groups -OCH3 is 2. The number of thiocarbonyl (C=S) groups is 1. The Morgan fingerprint density at radius 2 is 1.75 bits per heavy atom. The minimum Gasteiger partial charge on any atom is -0.497 e. The first-order valence-electron chi connectivity index (χ1n) is 8.23. The van der Waals surface area contributed by atoms with Crippen molar-refractivity contribution in [2.24, 2.45) is 0 Å². The summed E-state index contributed by atoms with van der Waals surface area (Å²) in [5.74, 6) is 1.48. The molecule has 1 aromatic rings. The van der Waals surface area contributed by atoms with E-state index in [4.69, 9.17) is 21.7 Å². The summed E-state index contributed by atoms with van der Waals surface area (Å²) < 4.78 is 10.7. The molecule has 5 nitrogen and oxygen atoms in total. The maximum Gasteiger partial charge on any atom is 0.171 e. The number of hydrogen-bond donors (Lipinski definition) is 3. The number of ether oxygens (including phenoxy) is 2. The van der Waals surface area contributed by atoms with Crippen LogP contribution in [0.5, 0.6) is 11.5 Å². The van der Waals surface area contributed by atoms with Crippen LogP contribution in [0.25, 0.3) is 0 Å². The van der Waals surface area contributed by atoms with Crippen LogP contribution in [-0.4, -0.2) is 36.5 Å². The van der Waals surface area contributed by atoms with Crippen molar-refractivity contribution in [1.29, 1.82) is 0 Å². The highest BCUT2D eigenvalue weighted by Gasteiger charge is 2.37. The molecule has 0 saturated carbocycles. The minimum absolute atomic E-state index is 0.0721. The van der Waals surface area contributed by atoms with Gasteiger partial charge in [0, 0.05) is 23.2 Å². The van der Waals surface area contributed by atoms with Gasteiger partial charge in [-0.25, -0.2) is 0 Å². The molecule has 1 saturated heterocycles. The molecule has 1 aliphatic heterocycles. The molecule has 1 aromatic carbocycles. The average Bonchev–Trinajstić information content (AvgIpc) is 2.43. The Labute approximate surface area is 150 Å². The lowest BCUT2D eigenvalue weighted by Crippen LogP contribution is -2.62. The van der Waals surface area contributed by atoms with Gasteiger partial charge in [0.2, 0.25) is 0 Å². The van der Waals surface area contributed by atoms with Crippen molar-refractivity contribution in [1.82, 2.24) is 10.6 Å². The fourth-order valence-electron chi connectivity index (χ4n) is 3.68. The lowest BCUT2D eigenvalue weighted by atomic mass is 9.80. The molecule has 2 rings (SSSR count). The predicted molar refractivity (Wildman–Crippen MR) is 103 cm³/mol. The molecule has 1 aliphatic rings. The van der Waals surface area contributed by atoms with Crippen LogP contribution in [0.4, 0.5) is 5.69 Å². The van der Waals surface area contributed by atoms with Crippen LogP contribution in [0.1, 0.15) is 40.5 Å². The summed E-state index contributed by atoms with van der Waals surface area (Å²) in [6.07, 6.45) is 2.01. The zero-order chi connectivity index (χ0) is 18.0. The van der Waals surface area contributed by atoms with E-state index in [-0.39, 0.29) is 11.1 Å². The van der Waals surface area contributed by atoms with Gasteiger partial charge in [-0.2, -0.15) is 0 Å². The smallest absolute Gasteiger partial charge is 0.171 e. The van der Waals surface area contributed by atoms with E-state index in [1.54, 1.807) is 14.2 Å². The molecule has 0 aromatic heterocycles. The van der Waals surface area contributed by atoms with Gasteiger partial charge < -0.3 is 25.4 Å². The third-order valence-corrected chi connectivity index (χ3v) is 4.40. The second kappa shape index (κ2) is 7.15. The zero-order valence-electron chi connectivity index (χ0n) is 15.4. The van der Waals surface area contributed by atoms with E-state index in [1.807, 2.05) is 18.2 Å². The minimum atomic E-state index is 0.0721. The first kappa shape index (κ1) is 18.8. The van der Waals surface area contributed by atoms with Gasteiger partial charge in [0.05, 0.1) is 19.9 Å². The third-order valence-electron chi connectivity index (χ3n) is 4.18. The molecule has 0 amide bonds. The number of benzene rings is 1. The molecule has 0 bridgehead atoms. The molecular formula is C18H29N3O2S. The molecule has 0 radical (unpaired) electrons. The first-order chi connectivity index (χ1) is 11.1. The first-order valence-corrected chi connectivity index (χ1v) is 8.64. The van der Waals surface area contributed by atoms with E-state index in [0.717, 1.165) is 30.0 Å². The van der Waals surface area contributed by atoms with Gasteiger partial charge in [-0.1, -0.05) is 0 Å². The highest BCUT2D eigenvalue weighted by Crippen LogP contribution is 2.30. The molecule has 1 heterocycles. The Morgan fingerprint density at radius 3 is 2.29 bits per heavy atom. The van der Waals surface area contributed by atoms with Crippen LogP contribution in [0.2, 0.25) is 0 Å². The van der Waals surface area contributed by atoms with E-state index < -0.39 is 0 Å². The normalized spacial score (nSPS) is 19.4. The second-order valence-electron chi connectivity index (χ2n) is 7.66. The lowest BCUT2D eigenvalue weighted by Gasteiger charge is -2.46. The lowest BCUT2D eigenvalue weighted by molar-refractivity contribution is 0.156.